The molecule has 14 rings (SSSR count). The van der Waals surface area contributed by atoms with E-state index in [0.717, 1.165) is 11.4 Å². The molecule has 0 saturated carbocycles. The van der Waals surface area contributed by atoms with Gasteiger partial charge >= 0.3 is 0 Å². The molecule has 2 nitrogen and oxygen atoms in total. The van der Waals surface area contributed by atoms with Gasteiger partial charge in [-0.15, -0.1) is 0 Å². The summed E-state index contributed by atoms with van der Waals surface area (Å²) in [7, 11) is 0. The second kappa shape index (κ2) is 14.4. The van der Waals surface area contributed by atoms with Crippen LogP contribution < -0.4 is 0 Å². The molecular weight excluding hydrogens is 797 g/mol. The van der Waals surface area contributed by atoms with Crippen molar-refractivity contribution in [3.05, 3.63) is 243 Å². The van der Waals surface area contributed by atoms with Gasteiger partial charge in [-0.3, -0.25) is 0 Å². The number of nitrogens with zero attached hydrogens (tertiary/aromatic N) is 2. The van der Waals surface area contributed by atoms with Gasteiger partial charge in [0.2, 0.25) is 0 Å². The van der Waals surface area contributed by atoms with Crippen LogP contribution in [0.15, 0.2) is 243 Å². The molecule has 0 aliphatic rings. The highest BCUT2D eigenvalue weighted by Gasteiger charge is 2.18. The van der Waals surface area contributed by atoms with Crippen LogP contribution >= 0.6 is 0 Å². The number of hydrogen-bond acceptors (Lipinski definition) is 0. The van der Waals surface area contributed by atoms with Gasteiger partial charge in [-0.1, -0.05) is 182 Å². The Bertz CT molecular complexity index is 3980. The highest BCUT2D eigenvalue weighted by molar-refractivity contribution is 6.23. The summed E-state index contributed by atoms with van der Waals surface area (Å²) in [6.45, 7) is 0. The van der Waals surface area contributed by atoms with Gasteiger partial charge in [-0.2, -0.15) is 0 Å². The van der Waals surface area contributed by atoms with E-state index in [4.69, 9.17) is 0 Å². The minimum Gasteiger partial charge on any atom is -0.309 e. The van der Waals surface area contributed by atoms with Gasteiger partial charge in [0.15, 0.2) is 0 Å². The normalized spacial score (nSPS) is 11.9. The molecule has 2 aromatic heterocycles. The molecule has 306 valence electrons. The predicted octanol–water partition coefficient (Wildman–Crippen LogP) is 17.5. The van der Waals surface area contributed by atoms with Gasteiger partial charge < -0.3 is 9.13 Å². The molecule has 0 aliphatic carbocycles. The molecule has 0 fully saturated rings. The maximum absolute atomic E-state index is 2.45. The quantitative estimate of drug-likeness (QED) is 0.163. The van der Waals surface area contributed by atoms with E-state index >= 15 is 0 Å². The highest BCUT2D eigenvalue weighted by atomic mass is 15.0. The Labute approximate surface area is 381 Å². The Morgan fingerprint density at radius 2 is 0.530 bits per heavy atom. The lowest BCUT2D eigenvalue weighted by Gasteiger charge is -2.12. The molecule has 0 atom stereocenters. The topological polar surface area (TPSA) is 9.86 Å². The van der Waals surface area contributed by atoms with E-state index in [1.54, 1.807) is 0 Å². The third kappa shape index (κ3) is 5.68. The van der Waals surface area contributed by atoms with E-state index in [0.29, 0.717) is 0 Å². The fourth-order valence-electron chi connectivity index (χ4n) is 10.8. The fourth-order valence-corrected chi connectivity index (χ4v) is 10.8. The Balaban J connectivity index is 0.878. The average Bonchev–Trinajstić information content (AvgIpc) is 3.91. The first-order chi connectivity index (χ1) is 32.7. The Morgan fingerprint density at radius 1 is 0.197 bits per heavy atom. The van der Waals surface area contributed by atoms with E-state index in [-0.39, 0.29) is 0 Å². The van der Waals surface area contributed by atoms with Crippen LogP contribution in [0.1, 0.15) is 0 Å². The number of fused-ring (bicyclic) bond motifs is 12. The Hall–Kier alpha value is -8.72. The molecule has 0 radical (unpaired) electrons. The van der Waals surface area contributed by atoms with Crippen molar-refractivity contribution in [2.24, 2.45) is 0 Å². The van der Waals surface area contributed by atoms with Crippen LogP contribution in [0.25, 0.3) is 131 Å². The SMILES string of the molecule is c1ccc2cc(-c3ccc4c5c6ccccc6ccc5n(-c5ccc(-c6ccc(-n7c8cc(-c9ccc%10ccccc%10c9)ccc8c8c9ccccc9ccc87)cc6)cc5)c4c3)ccc2c1. The fraction of sp³-hybridized carbons (Fsp3) is 0. The van der Waals surface area contributed by atoms with Crippen LogP contribution in [0.2, 0.25) is 0 Å². The van der Waals surface area contributed by atoms with Crippen molar-refractivity contribution in [3.8, 4) is 44.8 Å². The summed E-state index contributed by atoms with van der Waals surface area (Å²) in [5.74, 6) is 0. The van der Waals surface area contributed by atoms with Crippen molar-refractivity contribution in [3.63, 3.8) is 0 Å². The van der Waals surface area contributed by atoms with Gasteiger partial charge in [0.25, 0.3) is 0 Å². The number of hydrogen-bond donors (Lipinski definition) is 0. The van der Waals surface area contributed by atoms with Crippen LogP contribution in [0.4, 0.5) is 0 Å². The zero-order valence-corrected chi connectivity index (χ0v) is 36.0. The summed E-state index contributed by atoms with van der Waals surface area (Å²) in [5.41, 5.74) is 14.3. The molecule has 0 amide bonds. The third-order valence-electron chi connectivity index (χ3n) is 14.1. The van der Waals surface area contributed by atoms with Crippen molar-refractivity contribution >= 4 is 86.7 Å². The summed E-state index contributed by atoms with van der Waals surface area (Å²) in [6, 6.07) is 89.6. The average molecular weight is 837 g/mol. The maximum Gasteiger partial charge on any atom is 0.0547 e. The van der Waals surface area contributed by atoms with Crippen LogP contribution in [-0.2, 0) is 0 Å². The second-order valence-corrected chi connectivity index (χ2v) is 17.7. The summed E-state index contributed by atoms with van der Waals surface area (Å²) in [6.07, 6.45) is 0. The molecule has 14 aromatic rings. The Morgan fingerprint density at radius 3 is 0.970 bits per heavy atom. The molecule has 2 heteroatoms. The molecule has 0 unspecified atom stereocenters. The van der Waals surface area contributed by atoms with Gasteiger partial charge in [0, 0.05) is 32.9 Å². The number of benzene rings is 12. The molecule has 0 bridgehead atoms. The van der Waals surface area contributed by atoms with Crippen molar-refractivity contribution in [1.29, 1.82) is 0 Å². The summed E-state index contributed by atoms with van der Waals surface area (Å²) >= 11 is 0. The molecule has 0 saturated heterocycles. The first-order valence-electron chi connectivity index (χ1n) is 22.8. The van der Waals surface area contributed by atoms with Crippen LogP contribution in [-0.4, -0.2) is 9.13 Å². The van der Waals surface area contributed by atoms with Gasteiger partial charge in [-0.25, -0.2) is 0 Å². The summed E-state index contributed by atoms with van der Waals surface area (Å²) < 4.78 is 4.90. The van der Waals surface area contributed by atoms with Crippen molar-refractivity contribution in [2.45, 2.75) is 0 Å². The van der Waals surface area contributed by atoms with E-state index in [2.05, 4.69) is 252 Å². The zero-order valence-electron chi connectivity index (χ0n) is 36.0. The van der Waals surface area contributed by atoms with Gasteiger partial charge in [-0.05, 0) is 137 Å². The molecule has 0 spiro atoms. The van der Waals surface area contributed by atoms with Crippen LogP contribution in [0.5, 0.6) is 0 Å². The molecular formula is C64H40N2. The van der Waals surface area contributed by atoms with Crippen molar-refractivity contribution < 1.29 is 0 Å². The van der Waals surface area contributed by atoms with E-state index in [9.17, 15) is 0 Å². The van der Waals surface area contributed by atoms with E-state index in [1.165, 1.54) is 120 Å². The third-order valence-corrected chi connectivity index (χ3v) is 14.1. The lowest BCUT2D eigenvalue weighted by Crippen LogP contribution is -1.95. The largest absolute Gasteiger partial charge is 0.309 e. The monoisotopic (exact) mass is 836 g/mol. The minimum absolute atomic E-state index is 1.14. The lowest BCUT2D eigenvalue weighted by atomic mass is 9.99. The van der Waals surface area contributed by atoms with Gasteiger partial charge in [0.1, 0.15) is 0 Å². The van der Waals surface area contributed by atoms with Crippen molar-refractivity contribution in [2.75, 3.05) is 0 Å². The first-order valence-corrected chi connectivity index (χ1v) is 22.8. The smallest absolute Gasteiger partial charge is 0.0547 e. The maximum atomic E-state index is 2.45. The molecule has 12 aromatic carbocycles. The minimum atomic E-state index is 1.14. The first kappa shape index (κ1) is 36.7. The van der Waals surface area contributed by atoms with Crippen LogP contribution in [0.3, 0.4) is 0 Å². The summed E-state index contributed by atoms with van der Waals surface area (Å²) in [4.78, 5) is 0. The number of aromatic nitrogens is 2. The molecule has 66 heavy (non-hydrogen) atoms. The second-order valence-electron chi connectivity index (χ2n) is 17.7. The highest BCUT2D eigenvalue weighted by Crippen LogP contribution is 2.42. The Kier molecular flexibility index (Phi) is 8.02. The predicted molar refractivity (Wildman–Crippen MR) is 281 cm³/mol. The zero-order chi connectivity index (χ0) is 43.3. The number of rotatable bonds is 5. The summed E-state index contributed by atoms with van der Waals surface area (Å²) in [5, 5.41) is 15.1. The van der Waals surface area contributed by atoms with E-state index < -0.39 is 0 Å². The van der Waals surface area contributed by atoms with Gasteiger partial charge in [0.05, 0.1) is 22.1 Å². The van der Waals surface area contributed by atoms with Crippen LogP contribution in [0, 0.1) is 0 Å². The molecule has 2 heterocycles. The molecule has 0 N–H and O–H groups in total. The van der Waals surface area contributed by atoms with Crippen molar-refractivity contribution in [1.82, 2.24) is 9.13 Å². The van der Waals surface area contributed by atoms with E-state index in [1.807, 2.05) is 0 Å². The lowest BCUT2D eigenvalue weighted by molar-refractivity contribution is 1.18. The molecule has 0 aliphatic heterocycles. The standard InChI is InChI=1S/C64H40N2/c1-3-13-47-37-49(19-17-41(47)9-1)51-25-33-57-61(39-51)65(59-35-27-45-11-5-7-15-55(45)63(57)59)53-29-21-43(22-30-53)44-23-31-54(32-24-44)66-60-36-28-46-12-6-8-16-56(46)64(60)58-34-26-52(40-62(58)66)50-20-18-42-10-2-4-14-48(42)38-50/h1-40H.